The summed E-state index contributed by atoms with van der Waals surface area (Å²) in [5.74, 6) is 1.25. The molecule has 0 spiro atoms. The van der Waals surface area contributed by atoms with Gasteiger partial charge in [-0.15, -0.1) is 0 Å². The summed E-state index contributed by atoms with van der Waals surface area (Å²) in [5.41, 5.74) is 9.81. The van der Waals surface area contributed by atoms with Crippen molar-refractivity contribution in [1.82, 2.24) is 0 Å². The molecule has 0 aliphatic heterocycles. The summed E-state index contributed by atoms with van der Waals surface area (Å²) in [6.07, 6.45) is 0.944. The minimum absolute atomic E-state index is 0.331. The zero-order valence-electron chi connectivity index (χ0n) is 13.8. The molecule has 2 rings (SSSR count). The van der Waals surface area contributed by atoms with Crippen LogP contribution in [0.2, 0.25) is 0 Å². The number of rotatable bonds is 7. The fourth-order valence-electron chi connectivity index (χ4n) is 2.57. The van der Waals surface area contributed by atoms with Gasteiger partial charge in [0.15, 0.2) is 0 Å². The predicted molar refractivity (Wildman–Crippen MR) is 93.9 cm³/mol. The minimum atomic E-state index is 0.331. The fourth-order valence-corrected chi connectivity index (χ4v) is 2.57. The van der Waals surface area contributed by atoms with E-state index in [1.54, 1.807) is 0 Å². The van der Waals surface area contributed by atoms with Crippen molar-refractivity contribution in [3.63, 3.8) is 0 Å². The maximum atomic E-state index is 6.02. The maximum Gasteiger partial charge on any atom is 0.119 e. The molecule has 2 aromatic rings. The average Bonchev–Trinajstić information content (AvgIpc) is 2.54. The van der Waals surface area contributed by atoms with E-state index in [1.807, 2.05) is 19.1 Å². The minimum Gasteiger partial charge on any atom is -0.494 e. The number of benzene rings is 2. The van der Waals surface area contributed by atoms with Crippen molar-refractivity contribution in [2.24, 2.45) is 5.73 Å². The lowest BCUT2D eigenvalue weighted by atomic mass is 9.91. The third-order valence-corrected chi connectivity index (χ3v) is 3.86. The molecular formula is C19H26N2O. The first kappa shape index (κ1) is 16.4. The molecule has 0 aliphatic rings. The second-order valence-electron chi connectivity index (χ2n) is 5.70. The van der Waals surface area contributed by atoms with Gasteiger partial charge in [0.05, 0.1) is 6.61 Å². The molecular weight excluding hydrogens is 272 g/mol. The van der Waals surface area contributed by atoms with Crippen molar-refractivity contribution >= 4 is 5.69 Å². The van der Waals surface area contributed by atoms with Gasteiger partial charge < -0.3 is 15.4 Å². The summed E-state index contributed by atoms with van der Waals surface area (Å²) in [6, 6.07) is 16.9. The van der Waals surface area contributed by atoms with E-state index < -0.39 is 0 Å². The van der Waals surface area contributed by atoms with Crippen LogP contribution >= 0.6 is 0 Å². The van der Waals surface area contributed by atoms with Crippen LogP contribution in [-0.4, -0.2) is 27.2 Å². The van der Waals surface area contributed by atoms with Gasteiger partial charge in [-0.3, -0.25) is 0 Å². The zero-order chi connectivity index (χ0) is 15.9. The third-order valence-electron chi connectivity index (χ3n) is 3.86. The Bertz CT molecular complexity index is 578. The molecule has 0 aromatic heterocycles. The van der Waals surface area contributed by atoms with Crippen LogP contribution in [0.1, 0.15) is 24.0 Å². The Kier molecular flexibility index (Phi) is 5.84. The third kappa shape index (κ3) is 4.25. The lowest BCUT2D eigenvalue weighted by Gasteiger charge is -2.19. The summed E-state index contributed by atoms with van der Waals surface area (Å²) in [5, 5.41) is 0. The van der Waals surface area contributed by atoms with E-state index in [0.29, 0.717) is 19.1 Å². The number of hydrogen-bond acceptors (Lipinski definition) is 3. The van der Waals surface area contributed by atoms with Gasteiger partial charge in [-0.1, -0.05) is 24.3 Å². The van der Waals surface area contributed by atoms with Crippen LogP contribution in [0.3, 0.4) is 0 Å². The van der Waals surface area contributed by atoms with Crippen molar-refractivity contribution < 1.29 is 4.74 Å². The van der Waals surface area contributed by atoms with Gasteiger partial charge in [-0.25, -0.2) is 0 Å². The Morgan fingerprint density at radius 3 is 2.41 bits per heavy atom. The zero-order valence-corrected chi connectivity index (χ0v) is 13.8. The number of hydrogen-bond donors (Lipinski definition) is 1. The summed E-state index contributed by atoms with van der Waals surface area (Å²) in [4.78, 5) is 2.12. The first-order chi connectivity index (χ1) is 10.6. The summed E-state index contributed by atoms with van der Waals surface area (Å²) in [6.45, 7) is 3.34. The van der Waals surface area contributed by atoms with E-state index in [-0.39, 0.29) is 0 Å². The summed E-state index contributed by atoms with van der Waals surface area (Å²) >= 11 is 0. The molecule has 2 N–H and O–H groups in total. The lowest BCUT2D eigenvalue weighted by Crippen LogP contribution is -2.16. The van der Waals surface area contributed by atoms with Crippen LogP contribution < -0.4 is 15.4 Å². The van der Waals surface area contributed by atoms with Crippen molar-refractivity contribution in [3.8, 4) is 5.75 Å². The molecule has 1 atom stereocenters. The van der Waals surface area contributed by atoms with Crippen molar-refractivity contribution in [2.75, 3.05) is 32.1 Å². The van der Waals surface area contributed by atoms with Gasteiger partial charge in [0.25, 0.3) is 0 Å². The van der Waals surface area contributed by atoms with E-state index in [4.69, 9.17) is 10.5 Å². The maximum absolute atomic E-state index is 6.02. The molecule has 0 fully saturated rings. The molecule has 118 valence electrons. The van der Waals surface area contributed by atoms with Crippen molar-refractivity contribution in [1.29, 1.82) is 0 Å². The molecule has 0 radical (unpaired) electrons. The quantitative estimate of drug-likeness (QED) is 0.851. The number of ether oxygens (including phenoxy) is 1. The molecule has 0 heterocycles. The standard InChI is InChI=1S/C19H26N2O/c1-4-22-19-10-8-15(9-11-19)12-17(14-20)16-6-5-7-18(13-16)21(2)3/h5-11,13,17H,4,12,14,20H2,1-3H3. The molecule has 0 amide bonds. The first-order valence-corrected chi connectivity index (χ1v) is 7.83. The highest BCUT2D eigenvalue weighted by molar-refractivity contribution is 5.48. The van der Waals surface area contributed by atoms with Crippen LogP contribution in [0.5, 0.6) is 5.75 Å². The van der Waals surface area contributed by atoms with Crippen LogP contribution in [0.25, 0.3) is 0 Å². The van der Waals surface area contributed by atoms with Crippen molar-refractivity contribution in [2.45, 2.75) is 19.3 Å². The Balaban J connectivity index is 2.13. The Morgan fingerprint density at radius 2 is 1.82 bits per heavy atom. The number of anilines is 1. The molecule has 0 saturated heterocycles. The highest BCUT2D eigenvalue weighted by Crippen LogP contribution is 2.24. The van der Waals surface area contributed by atoms with E-state index >= 15 is 0 Å². The topological polar surface area (TPSA) is 38.5 Å². The largest absolute Gasteiger partial charge is 0.494 e. The number of nitrogens with two attached hydrogens (primary N) is 1. The average molecular weight is 298 g/mol. The van der Waals surface area contributed by atoms with E-state index in [9.17, 15) is 0 Å². The van der Waals surface area contributed by atoms with Crippen LogP contribution in [-0.2, 0) is 6.42 Å². The van der Waals surface area contributed by atoms with Gasteiger partial charge in [-0.05, 0) is 55.3 Å². The van der Waals surface area contributed by atoms with E-state index in [2.05, 4.69) is 55.4 Å². The van der Waals surface area contributed by atoms with Gasteiger partial charge in [-0.2, -0.15) is 0 Å². The van der Waals surface area contributed by atoms with Crippen LogP contribution in [0.15, 0.2) is 48.5 Å². The summed E-state index contributed by atoms with van der Waals surface area (Å²) < 4.78 is 5.49. The normalized spacial score (nSPS) is 12.0. The first-order valence-electron chi connectivity index (χ1n) is 7.83. The molecule has 0 saturated carbocycles. The Morgan fingerprint density at radius 1 is 1.09 bits per heavy atom. The number of nitrogens with zero attached hydrogens (tertiary/aromatic N) is 1. The lowest BCUT2D eigenvalue weighted by molar-refractivity contribution is 0.340. The smallest absolute Gasteiger partial charge is 0.119 e. The van der Waals surface area contributed by atoms with Crippen LogP contribution in [0, 0.1) is 0 Å². The highest BCUT2D eigenvalue weighted by Gasteiger charge is 2.12. The molecule has 3 nitrogen and oxygen atoms in total. The SMILES string of the molecule is CCOc1ccc(CC(CN)c2cccc(N(C)C)c2)cc1. The van der Waals surface area contributed by atoms with E-state index in [0.717, 1.165) is 12.2 Å². The molecule has 0 bridgehead atoms. The second-order valence-corrected chi connectivity index (χ2v) is 5.70. The van der Waals surface area contributed by atoms with Gasteiger partial charge in [0, 0.05) is 25.7 Å². The molecule has 22 heavy (non-hydrogen) atoms. The van der Waals surface area contributed by atoms with Gasteiger partial charge in [0.2, 0.25) is 0 Å². The van der Waals surface area contributed by atoms with Crippen LogP contribution in [0.4, 0.5) is 5.69 Å². The van der Waals surface area contributed by atoms with Gasteiger partial charge >= 0.3 is 0 Å². The Labute approximate surface area is 133 Å². The molecule has 3 heteroatoms. The fraction of sp³-hybridized carbons (Fsp3) is 0.368. The molecule has 0 aliphatic carbocycles. The molecule has 2 aromatic carbocycles. The highest BCUT2D eigenvalue weighted by atomic mass is 16.5. The predicted octanol–water partition coefficient (Wildman–Crippen LogP) is 3.44. The second kappa shape index (κ2) is 7.85. The summed E-state index contributed by atoms with van der Waals surface area (Å²) in [7, 11) is 4.12. The van der Waals surface area contributed by atoms with E-state index in [1.165, 1.54) is 16.8 Å². The monoisotopic (exact) mass is 298 g/mol. The molecule has 1 unspecified atom stereocenters. The Hall–Kier alpha value is -2.00. The van der Waals surface area contributed by atoms with Gasteiger partial charge in [0.1, 0.15) is 5.75 Å². The van der Waals surface area contributed by atoms with Crippen molar-refractivity contribution in [3.05, 3.63) is 59.7 Å².